The van der Waals surface area contributed by atoms with Crippen molar-refractivity contribution in [1.82, 2.24) is 4.98 Å². The number of hydrogen-bond donors (Lipinski definition) is 1. The molecule has 0 unspecified atom stereocenters. The molecule has 4 rings (SSSR count). The molecule has 0 amide bonds. The lowest BCUT2D eigenvalue weighted by atomic mass is 10.1. The summed E-state index contributed by atoms with van der Waals surface area (Å²) < 4.78 is 0. The molecule has 1 heterocycles. The molecule has 3 heteroatoms. The lowest BCUT2D eigenvalue weighted by molar-refractivity contribution is 1.30. The number of nitrogens with zero attached hydrogens (tertiary/aromatic N) is 1. The summed E-state index contributed by atoms with van der Waals surface area (Å²) in [7, 11) is 0. The summed E-state index contributed by atoms with van der Waals surface area (Å²) >= 11 is 1.79. The van der Waals surface area contributed by atoms with Crippen molar-refractivity contribution < 1.29 is 0 Å². The van der Waals surface area contributed by atoms with E-state index in [2.05, 4.69) is 25.1 Å². The highest BCUT2D eigenvalue weighted by molar-refractivity contribution is 7.15. The molecule has 2 aromatic carbocycles. The predicted molar refractivity (Wildman–Crippen MR) is 84.9 cm³/mol. The fourth-order valence-corrected chi connectivity index (χ4v) is 3.77. The zero-order chi connectivity index (χ0) is 13.7. The Labute approximate surface area is 121 Å². The van der Waals surface area contributed by atoms with Crippen molar-refractivity contribution in [2.75, 3.05) is 5.73 Å². The Kier molecular flexibility index (Phi) is 2.44. The van der Waals surface area contributed by atoms with E-state index in [4.69, 9.17) is 10.7 Å². The monoisotopic (exact) mass is 278 g/mol. The minimum Gasteiger partial charge on any atom is -0.399 e. The second-order valence-electron chi connectivity index (χ2n) is 5.25. The number of rotatable bonds is 1. The number of nitrogens with two attached hydrogens (primary N) is 1. The third-order valence-electron chi connectivity index (χ3n) is 3.73. The van der Waals surface area contributed by atoms with Gasteiger partial charge in [0.2, 0.25) is 0 Å². The van der Waals surface area contributed by atoms with Crippen LogP contribution in [-0.4, -0.2) is 4.98 Å². The van der Waals surface area contributed by atoms with Crippen molar-refractivity contribution in [2.24, 2.45) is 0 Å². The van der Waals surface area contributed by atoms with E-state index in [1.54, 1.807) is 11.3 Å². The average molecular weight is 278 g/mol. The van der Waals surface area contributed by atoms with E-state index in [0.29, 0.717) is 0 Å². The zero-order valence-corrected chi connectivity index (χ0v) is 12.0. The van der Waals surface area contributed by atoms with Gasteiger partial charge in [0.15, 0.2) is 0 Å². The highest BCUT2D eigenvalue weighted by Gasteiger charge is 2.23. The first kappa shape index (κ1) is 11.7. The molecule has 0 spiro atoms. The zero-order valence-electron chi connectivity index (χ0n) is 11.2. The van der Waals surface area contributed by atoms with E-state index < -0.39 is 0 Å². The molecule has 2 nitrogen and oxygen atoms in total. The first-order valence-electron chi connectivity index (χ1n) is 6.66. The summed E-state index contributed by atoms with van der Waals surface area (Å²) in [6.45, 7) is 2.13. The third-order valence-corrected chi connectivity index (χ3v) is 4.83. The topological polar surface area (TPSA) is 38.9 Å². The Morgan fingerprint density at radius 3 is 2.70 bits per heavy atom. The summed E-state index contributed by atoms with van der Waals surface area (Å²) in [6, 6.07) is 14.6. The molecule has 0 fully saturated rings. The molecule has 0 saturated carbocycles. The average Bonchev–Trinajstić information content (AvgIpc) is 2.98. The number of thiazole rings is 1. The molecule has 1 aromatic heterocycles. The molecular formula is C17H14N2S. The van der Waals surface area contributed by atoms with Crippen molar-refractivity contribution in [1.29, 1.82) is 0 Å². The van der Waals surface area contributed by atoms with E-state index in [1.807, 2.05) is 24.3 Å². The van der Waals surface area contributed by atoms with Crippen LogP contribution in [0.15, 0.2) is 42.5 Å². The van der Waals surface area contributed by atoms with E-state index in [-0.39, 0.29) is 0 Å². The van der Waals surface area contributed by atoms with Gasteiger partial charge in [-0.2, -0.15) is 0 Å². The number of anilines is 1. The van der Waals surface area contributed by atoms with Crippen LogP contribution in [0.5, 0.6) is 0 Å². The van der Waals surface area contributed by atoms with Crippen LogP contribution in [0, 0.1) is 6.92 Å². The second-order valence-corrected chi connectivity index (χ2v) is 6.33. The molecule has 0 atom stereocenters. The molecule has 1 aliphatic rings. The van der Waals surface area contributed by atoms with Crippen molar-refractivity contribution in [3.8, 4) is 21.8 Å². The van der Waals surface area contributed by atoms with Crippen LogP contribution in [0.1, 0.15) is 16.0 Å². The maximum Gasteiger partial charge on any atom is 0.124 e. The van der Waals surface area contributed by atoms with Gasteiger partial charge >= 0.3 is 0 Å². The molecule has 0 radical (unpaired) electrons. The lowest BCUT2D eigenvalue weighted by Crippen LogP contribution is -1.85. The summed E-state index contributed by atoms with van der Waals surface area (Å²) in [5.41, 5.74) is 12.8. The van der Waals surface area contributed by atoms with Crippen LogP contribution in [0.3, 0.4) is 0 Å². The standard InChI is InChI=1S/C17H14N2S/c1-10-2-3-12-9-15-16(14(12)8-10)19-17(20-15)11-4-6-13(18)7-5-11/h2-8H,9,18H2,1H3. The van der Waals surface area contributed by atoms with Crippen molar-refractivity contribution in [3.63, 3.8) is 0 Å². The quantitative estimate of drug-likeness (QED) is 0.528. The maximum atomic E-state index is 5.74. The number of fused-ring (bicyclic) bond motifs is 3. The van der Waals surface area contributed by atoms with Gasteiger partial charge in [0.05, 0.1) is 5.69 Å². The fourth-order valence-electron chi connectivity index (χ4n) is 2.67. The van der Waals surface area contributed by atoms with Gasteiger partial charge in [-0.3, -0.25) is 0 Å². The lowest BCUT2D eigenvalue weighted by Gasteiger charge is -2.01. The predicted octanol–water partition coefficient (Wildman–Crippen LogP) is 4.27. The minimum absolute atomic E-state index is 0.791. The Bertz CT molecular complexity index is 800. The number of hydrogen-bond acceptors (Lipinski definition) is 3. The summed E-state index contributed by atoms with van der Waals surface area (Å²) in [5, 5.41) is 1.09. The van der Waals surface area contributed by atoms with Crippen LogP contribution in [0.2, 0.25) is 0 Å². The normalized spacial score (nSPS) is 12.2. The van der Waals surface area contributed by atoms with Crippen LogP contribution in [0.4, 0.5) is 5.69 Å². The molecule has 0 aliphatic heterocycles. The van der Waals surface area contributed by atoms with Gasteiger partial charge in [0, 0.05) is 28.1 Å². The van der Waals surface area contributed by atoms with Gasteiger partial charge < -0.3 is 5.73 Å². The molecule has 98 valence electrons. The Morgan fingerprint density at radius 1 is 1.10 bits per heavy atom. The number of benzene rings is 2. The smallest absolute Gasteiger partial charge is 0.124 e. The van der Waals surface area contributed by atoms with Gasteiger partial charge in [-0.15, -0.1) is 11.3 Å². The first-order valence-corrected chi connectivity index (χ1v) is 7.48. The number of aromatic nitrogens is 1. The van der Waals surface area contributed by atoms with Crippen LogP contribution in [0.25, 0.3) is 21.8 Å². The van der Waals surface area contributed by atoms with E-state index in [0.717, 1.165) is 22.7 Å². The van der Waals surface area contributed by atoms with Gasteiger partial charge in [-0.25, -0.2) is 4.98 Å². The van der Waals surface area contributed by atoms with Gasteiger partial charge in [0.1, 0.15) is 5.01 Å². The fraction of sp³-hybridized carbons (Fsp3) is 0.118. The Morgan fingerprint density at radius 2 is 1.90 bits per heavy atom. The Balaban J connectivity index is 1.82. The molecular weight excluding hydrogens is 264 g/mol. The minimum atomic E-state index is 0.791. The van der Waals surface area contributed by atoms with Gasteiger partial charge in [-0.05, 0) is 42.8 Å². The van der Waals surface area contributed by atoms with E-state index in [9.17, 15) is 0 Å². The second kappa shape index (κ2) is 4.18. The molecule has 2 N–H and O–H groups in total. The highest BCUT2D eigenvalue weighted by Crippen LogP contribution is 2.42. The first-order chi connectivity index (χ1) is 9.70. The number of nitrogen functional groups attached to an aromatic ring is 1. The van der Waals surface area contributed by atoms with E-state index >= 15 is 0 Å². The SMILES string of the molecule is Cc1ccc2c(c1)-c1nc(-c3ccc(N)cc3)sc1C2. The van der Waals surface area contributed by atoms with Crippen LogP contribution < -0.4 is 5.73 Å². The van der Waals surface area contributed by atoms with Gasteiger partial charge in [0.25, 0.3) is 0 Å². The third kappa shape index (κ3) is 1.74. The molecule has 20 heavy (non-hydrogen) atoms. The highest BCUT2D eigenvalue weighted by atomic mass is 32.1. The molecule has 0 saturated heterocycles. The number of aryl methyl sites for hydroxylation is 1. The van der Waals surface area contributed by atoms with Crippen molar-refractivity contribution >= 4 is 17.0 Å². The largest absolute Gasteiger partial charge is 0.399 e. The van der Waals surface area contributed by atoms with Crippen molar-refractivity contribution in [3.05, 3.63) is 58.5 Å². The Hall–Kier alpha value is -2.13. The summed E-state index contributed by atoms with van der Waals surface area (Å²) in [5.74, 6) is 0. The molecule has 0 bridgehead atoms. The van der Waals surface area contributed by atoms with Crippen molar-refractivity contribution in [2.45, 2.75) is 13.3 Å². The van der Waals surface area contributed by atoms with Crippen LogP contribution >= 0.6 is 11.3 Å². The van der Waals surface area contributed by atoms with Gasteiger partial charge in [-0.1, -0.05) is 17.7 Å². The molecule has 3 aromatic rings. The van der Waals surface area contributed by atoms with Crippen LogP contribution in [-0.2, 0) is 6.42 Å². The summed E-state index contributed by atoms with van der Waals surface area (Å²) in [4.78, 5) is 6.22. The maximum absolute atomic E-state index is 5.74. The summed E-state index contributed by atoms with van der Waals surface area (Å²) in [6.07, 6.45) is 1.01. The molecule has 1 aliphatic carbocycles. The van der Waals surface area contributed by atoms with E-state index in [1.165, 1.54) is 27.3 Å².